The maximum absolute atomic E-state index is 13.7. The van der Waals surface area contributed by atoms with Gasteiger partial charge in [0.15, 0.2) is 0 Å². The van der Waals surface area contributed by atoms with Gasteiger partial charge in [-0.25, -0.2) is 9.91 Å². The Kier molecular flexibility index (Phi) is 6.78. The molecular weight excluding hydrogens is 491 g/mol. The Balaban J connectivity index is 1.52. The number of anilines is 2. The minimum atomic E-state index is -1.66. The molecule has 5 rings (SSSR count). The summed E-state index contributed by atoms with van der Waals surface area (Å²) in [6.07, 6.45) is 2.07. The topological polar surface area (TPSA) is 156 Å². The lowest BCUT2D eigenvalue weighted by atomic mass is 9.79. The third-order valence-electron chi connectivity index (χ3n) is 6.71. The van der Waals surface area contributed by atoms with Gasteiger partial charge in [0, 0.05) is 17.8 Å². The highest BCUT2D eigenvalue weighted by atomic mass is 16.6. The van der Waals surface area contributed by atoms with Crippen molar-refractivity contribution in [3.05, 3.63) is 107 Å². The van der Waals surface area contributed by atoms with Crippen LogP contribution in [0.1, 0.15) is 11.7 Å². The number of nitrogens with zero attached hydrogens (tertiary/aromatic N) is 3. The predicted octanol–water partition coefficient (Wildman–Crippen LogP) is 1.13. The molecule has 2 amide bonds. The van der Waals surface area contributed by atoms with Crippen molar-refractivity contribution in [2.45, 2.75) is 18.2 Å². The normalized spacial score (nSPS) is 21.8. The van der Waals surface area contributed by atoms with Gasteiger partial charge in [-0.15, -0.1) is 0 Å². The number of nitro benzene ring substituents is 1. The first-order chi connectivity index (χ1) is 18.3. The number of aliphatic hydroxyl groups is 1. The molecule has 2 aliphatic heterocycles. The zero-order valence-corrected chi connectivity index (χ0v) is 19.9. The number of carbonyl (C=O) groups excluding carboxylic acids is 2. The maximum Gasteiger partial charge on any atom is 0.488 e. The lowest BCUT2D eigenvalue weighted by Crippen LogP contribution is -2.55. The second kappa shape index (κ2) is 10.2. The highest BCUT2D eigenvalue weighted by Gasteiger charge is 2.54. The summed E-state index contributed by atoms with van der Waals surface area (Å²) in [6.45, 7) is 0. The van der Waals surface area contributed by atoms with E-state index in [1.807, 2.05) is 0 Å². The van der Waals surface area contributed by atoms with Gasteiger partial charge in [0.05, 0.1) is 28.7 Å². The Morgan fingerprint density at radius 3 is 2.16 bits per heavy atom. The van der Waals surface area contributed by atoms with E-state index < -0.39 is 48.0 Å². The molecule has 2 heterocycles. The molecule has 3 aromatic rings. The number of hydrogen-bond acceptors (Lipinski definition) is 9. The second-order valence-electron chi connectivity index (χ2n) is 9.00. The minimum Gasteiger partial charge on any atom is -0.423 e. The van der Waals surface area contributed by atoms with E-state index in [0.29, 0.717) is 16.9 Å². The molecule has 1 saturated heterocycles. The molecule has 11 nitrogen and oxygen atoms in total. The lowest BCUT2D eigenvalue weighted by molar-refractivity contribution is -0.384. The zero-order chi connectivity index (χ0) is 27.0. The third kappa shape index (κ3) is 4.57. The molecule has 3 aromatic carbocycles. The Morgan fingerprint density at radius 2 is 1.55 bits per heavy atom. The Labute approximate surface area is 217 Å². The number of nitro groups is 1. The Bertz CT molecular complexity index is 1380. The number of nitrogens with one attached hydrogen (secondary N) is 1. The van der Waals surface area contributed by atoms with E-state index in [2.05, 4.69) is 5.43 Å². The molecule has 4 N–H and O–H groups in total. The van der Waals surface area contributed by atoms with Crippen LogP contribution in [0.5, 0.6) is 0 Å². The Morgan fingerprint density at radius 1 is 0.895 bits per heavy atom. The minimum absolute atomic E-state index is 0.114. The van der Waals surface area contributed by atoms with Crippen LogP contribution in [-0.2, 0) is 9.59 Å². The summed E-state index contributed by atoms with van der Waals surface area (Å²) in [6, 6.07) is 18.3. The fraction of sp³-hybridized carbons (Fsp3) is 0.154. The summed E-state index contributed by atoms with van der Waals surface area (Å²) in [5.41, 5.74) is 4.51. The average molecular weight is 514 g/mol. The van der Waals surface area contributed by atoms with Gasteiger partial charge >= 0.3 is 7.12 Å². The third-order valence-corrected chi connectivity index (χ3v) is 6.71. The summed E-state index contributed by atoms with van der Waals surface area (Å²) in [5, 5.41) is 42.7. The van der Waals surface area contributed by atoms with Crippen LogP contribution >= 0.6 is 0 Å². The number of hydrogen-bond donors (Lipinski definition) is 4. The number of non-ortho nitro benzene ring substituents is 1. The highest BCUT2D eigenvalue weighted by Crippen LogP contribution is 2.38. The predicted molar refractivity (Wildman–Crippen MR) is 139 cm³/mol. The first kappa shape index (κ1) is 25.3. The quantitative estimate of drug-likeness (QED) is 0.119. The number of benzene rings is 3. The van der Waals surface area contributed by atoms with Crippen LogP contribution < -0.4 is 15.8 Å². The van der Waals surface area contributed by atoms with E-state index in [0.717, 1.165) is 4.90 Å². The molecule has 1 fully saturated rings. The van der Waals surface area contributed by atoms with Crippen LogP contribution in [0.3, 0.4) is 0 Å². The molecule has 4 atom stereocenters. The first-order valence-corrected chi connectivity index (χ1v) is 11.8. The SMILES string of the molecule is O=C1C2C=CC(C(O)c3ccc(B(O)O)cc3)N(Nc3ccc([N+](=O)[O-])cc3)C2C(=O)N1c1ccccc1. The number of amides is 2. The zero-order valence-electron chi connectivity index (χ0n) is 19.9. The van der Waals surface area contributed by atoms with Crippen molar-refractivity contribution < 1.29 is 29.7 Å². The molecule has 0 bridgehead atoms. The number of rotatable bonds is 7. The summed E-state index contributed by atoms with van der Waals surface area (Å²) in [5.74, 6) is -1.73. The molecule has 12 heteroatoms. The molecule has 0 aromatic heterocycles. The molecule has 0 saturated carbocycles. The summed E-state index contributed by atoms with van der Waals surface area (Å²) < 4.78 is 0. The number of hydrazine groups is 1. The summed E-state index contributed by atoms with van der Waals surface area (Å²) >= 11 is 0. The number of carbonyl (C=O) groups is 2. The summed E-state index contributed by atoms with van der Waals surface area (Å²) in [7, 11) is -1.66. The van der Waals surface area contributed by atoms with Crippen LogP contribution in [0.15, 0.2) is 91.0 Å². The molecule has 38 heavy (non-hydrogen) atoms. The van der Waals surface area contributed by atoms with Crippen LogP contribution in [-0.4, -0.2) is 56.1 Å². The van der Waals surface area contributed by atoms with Crippen molar-refractivity contribution in [1.82, 2.24) is 5.01 Å². The van der Waals surface area contributed by atoms with Crippen molar-refractivity contribution in [3.8, 4) is 0 Å². The van der Waals surface area contributed by atoms with E-state index in [1.54, 1.807) is 54.6 Å². The highest BCUT2D eigenvalue weighted by molar-refractivity contribution is 6.58. The molecule has 2 aliphatic rings. The van der Waals surface area contributed by atoms with Gasteiger partial charge in [0.2, 0.25) is 5.91 Å². The first-order valence-electron chi connectivity index (χ1n) is 11.8. The molecular formula is C26H23BN4O7. The van der Waals surface area contributed by atoms with Crippen LogP contribution in [0.2, 0.25) is 0 Å². The van der Waals surface area contributed by atoms with E-state index in [4.69, 9.17) is 0 Å². The smallest absolute Gasteiger partial charge is 0.423 e. The van der Waals surface area contributed by atoms with Gasteiger partial charge < -0.3 is 20.6 Å². The van der Waals surface area contributed by atoms with E-state index >= 15 is 0 Å². The van der Waals surface area contributed by atoms with E-state index in [1.165, 1.54) is 41.4 Å². The van der Waals surface area contributed by atoms with Gasteiger partial charge in [0.25, 0.3) is 11.6 Å². The number of para-hydroxylation sites is 1. The van der Waals surface area contributed by atoms with Gasteiger partial charge in [0.1, 0.15) is 6.04 Å². The molecule has 192 valence electrons. The maximum atomic E-state index is 13.7. The fourth-order valence-corrected chi connectivity index (χ4v) is 4.77. The largest absolute Gasteiger partial charge is 0.488 e. The van der Waals surface area contributed by atoms with Gasteiger partial charge in [-0.2, -0.15) is 0 Å². The standard InChI is InChI=1S/C26H23BN4O7/c32-24(16-6-8-17(9-7-16)27(35)36)22-15-14-21-23(26(34)29(25(21)33)19-4-2-1-3-5-19)30(22)28-18-10-12-20(13-11-18)31(37)38/h1-15,21-24,28,32,35-36H. The van der Waals surface area contributed by atoms with Crippen LogP contribution in [0.25, 0.3) is 0 Å². The van der Waals surface area contributed by atoms with Gasteiger partial charge in [-0.05, 0) is 35.3 Å². The van der Waals surface area contributed by atoms with Crippen molar-refractivity contribution in [2.75, 3.05) is 10.3 Å². The summed E-state index contributed by atoms with van der Waals surface area (Å²) in [4.78, 5) is 38.7. The fourth-order valence-electron chi connectivity index (χ4n) is 4.77. The monoisotopic (exact) mass is 514 g/mol. The van der Waals surface area contributed by atoms with Crippen LogP contribution in [0.4, 0.5) is 17.1 Å². The second-order valence-corrected chi connectivity index (χ2v) is 9.00. The van der Waals surface area contributed by atoms with Crippen molar-refractivity contribution in [3.63, 3.8) is 0 Å². The lowest BCUT2D eigenvalue weighted by Gasteiger charge is -2.40. The molecule has 4 unspecified atom stereocenters. The molecule has 0 radical (unpaired) electrons. The van der Waals surface area contributed by atoms with Gasteiger partial charge in [-0.1, -0.05) is 54.6 Å². The molecule has 0 aliphatic carbocycles. The van der Waals surface area contributed by atoms with Crippen molar-refractivity contribution >= 4 is 41.5 Å². The Hall–Kier alpha value is -4.36. The number of aliphatic hydroxyl groups excluding tert-OH is 1. The van der Waals surface area contributed by atoms with Crippen LogP contribution in [0, 0.1) is 16.0 Å². The van der Waals surface area contributed by atoms with Crippen molar-refractivity contribution in [1.29, 1.82) is 0 Å². The molecule has 0 spiro atoms. The van der Waals surface area contributed by atoms with E-state index in [9.17, 15) is 34.9 Å². The average Bonchev–Trinajstić information content (AvgIpc) is 3.19. The number of imide groups is 1. The van der Waals surface area contributed by atoms with E-state index in [-0.39, 0.29) is 11.2 Å². The number of fused-ring (bicyclic) bond motifs is 1. The van der Waals surface area contributed by atoms with Crippen molar-refractivity contribution in [2.24, 2.45) is 5.92 Å². The van der Waals surface area contributed by atoms with Gasteiger partial charge in [-0.3, -0.25) is 19.7 Å².